The van der Waals surface area contributed by atoms with Gasteiger partial charge in [0.2, 0.25) is 5.91 Å². The van der Waals surface area contributed by atoms with E-state index >= 15 is 0 Å². The van der Waals surface area contributed by atoms with Gasteiger partial charge in [-0.1, -0.05) is 11.6 Å². The van der Waals surface area contributed by atoms with Crippen molar-refractivity contribution >= 4 is 23.5 Å². The number of unbranched alkanes of at least 4 members (excludes halogenated alkanes) is 1. The van der Waals surface area contributed by atoms with Crippen LogP contribution in [-0.4, -0.2) is 56.6 Å². The Labute approximate surface area is 181 Å². The number of nitrogens with one attached hydrogen (secondary N) is 2. The third-order valence-electron chi connectivity index (χ3n) is 5.09. The summed E-state index contributed by atoms with van der Waals surface area (Å²) in [6.07, 6.45) is 3.65. The van der Waals surface area contributed by atoms with Gasteiger partial charge in [0.25, 0.3) is 0 Å². The summed E-state index contributed by atoms with van der Waals surface area (Å²) in [5.41, 5.74) is 5.88. The Kier molecular flexibility index (Phi) is 10.1. The maximum Gasteiger partial charge on any atom is 0.387 e. The number of halogens is 3. The summed E-state index contributed by atoms with van der Waals surface area (Å²) in [6.45, 7) is 0.879. The molecule has 0 saturated carbocycles. The monoisotopic (exact) mass is 445 g/mol. The van der Waals surface area contributed by atoms with E-state index in [0.29, 0.717) is 16.5 Å². The molecule has 10 heteroatoms. The predicted octanol–water partition coefficient (Wildman–Crippen LogP) is 2.58. The fourth-order valence-corrected chi connectivity index (χ4v) is 3.60. The number of nitrogens with two attached hydrogens (primary N) is 1. The summed E-state index contributed by atoms with van der Waals surface area (Å²) in [7, 11) is 1.65. The molecule has 0 unspecified atom stereocenters. The molecule has 1 aliphatic heterocycles. The third kappa shape index (κ3) is 8.31. The fourth-order valence-electron chi connectivity index (χ4n) is 3.40. The van der Waals surface area contributed by atoms with Crippen LogP contribution in [-0.2, 0) is 11.3 Å². The Balaban J connectivity index is 1.67. The minimum absolute atomic E-state index is 0.0171. The van der Waals surface area contributed by atoms with Gasteiger partial charge in [0.15, 0.2) is 5.96 Å². The van der Waals surface area contributed by atoms with Gasteiger partial charge in [-0.2, -0.15) is 8.78 Å². The lowest BCUT2D eigenvalue weighted by Gasteiger charge is -2.30. The Morgan fingerprint density at radius 3 is 2.70 bits per heavy atom. The largest absolute Gasteiger partial charge is 0.434 e. The molecule has 1 fully saturated rings. The molecular formula is C20H30ClF2N5O2. The lowest BCUT2D eigenvalue weighted by atomic mass is 9.96. The molecule has 168 valence electrons. The number of ether oxygens (including phenoxy) is 1. The fraction of sp³-hybridized carbons (Fsp3) is 0.600. The standard InChI is InChI=1S/C20H30ClF2N5O2/c1-25-20(27-13-15-12-16(21)4-5-17(15)30-19(22)23)26-8-2-3-9-28-10-6-14(7-11-28)18(24)29/h4-5,12,14,19H,2-3,6-11,13H2,1H3,(H2,24,29)(H2,25,26,27). The van der Waals surface area contributed by atoms with Crippen molar-refractivity contribution in [2.75, 3.05) is 33.2 Å². The first-order valence-electron chi connectivity index (χ1n) is 10.1. The van der Waals surface area contributed by atoms with Crippen LogP contribution in [0.5, 0.6) is 5.75 Å². The summed E-state index contributed by atoms with van der Waals surface area (Å²) in [4.78, 5) is 17.7. The molecule has 1 aromatic rings. The molecule has 0 radical (unpaired) electrons. The molecular weight excluding hydrogens is 416 g/mol. The number of carbonyl (C=O) groups excluding carboxylic acids is 1. The number of nitrogens with zero attached hydrogens (tertiary/aromatic N) is 2. The van der Waals surface area contributed by atoms with Crippen LogP contribution in [0.2, 0.25) is 5.02 Å². The topological polar surface area (TPSA) is 92.0 Å². The van der Waals surface area contributed by atoms with E-state index in [4.69, 9.17) is 17.3 Å². The molecule has 1 amide bonds. The van der Waals surface area contributed by atoms with E-state index in [1.807, 2.05) is 0 Å². The van der Waals surface area contributed by atoms with Crippen molar-refractivity contribution in [2.24, 2.45) is 16.6 Å². The van der Waals surface area contributed by atoms with Crippen molar-refractivity contribution in [1.82, 2.24) is 15.5 Å². The number of primary amides is 1. The molecule has 0 spiro atoms. The lowest BCUT2D eigenvalue weighted by Crippen LogP contribution is -2.39. The number of aliphatic imine (C=N–C) groups is 1. The molecule has 4 N–H and O–H groups in total. The summed E-state index contributed by atoms with van der Waals surface area (Å²) < 4.78 is 29.7. The smallest absolute Gasteiger partial charge is 0.387 e. The SMILES string of the molecule is CN=C(NCCCCN1CCC(C(N)=O)CC1)NCc1cc(Cl)ccc1OC(F)F. The zero-order valence-electron chi connectivity index (χ0n) is 17.2. The molecule has 30 heavy (non-hydrogen) atoms. The quantitative estimate of drug-likeness (QED) is 0.292. The number of piperidine rings is 1. The van der Waals surface area contributed by atoms with Gasteiger partial charge in [-0.3, -0.25) is 9.79 Å². The van der Waals surface area contributed by atoms with Crippen molar-refractivity contribution in [1.29, 1.82) is 0 Å². The number of guanidine groups is 1. The summed E-state index contributed by atoms with van der Waals surface area (Å²) >= 11 is 5.96. The van der Waals surface area contributed by atoms with Crippen LogP contribution in [0.3, 0.4) is 0 Å². The number of carbonyl (C=O) groups is 1. The molecule has 0 aliphatic carbocycles. The van der Waals surface area contributed by atoms with Crippen LogP contribution in [0.15, 0.2) is 23.2 Å². The number of amides is 1. The summed E-state index contributed by atoms with van der Waals surface area (Å²) in [5, 5.41) is 6.74. The van der Waals surface area contributed by atoms with E-state index in [1.54, 1.807) is 13.1 Å². The Hall–Kier alpha value is -2.13. The van der Waals surface area contributed by atoms with Gasteiger partial charge < -0.3 is 26.0 Å². The van der Waals surface area contributed by atoms with E-state index in [0.717, 1.165) is 51.9 Å². The lowest BCUT2D eigenvalue weighted by molar-refractivity contribution is -0.123. The summed E-state index contributed by atoms with van der Waals surface area (Å²) in [5.74, 6) is 0.476. The first-order valence-corrected chi connectivity index (χ1v) is 10.5. The van der Waals surface area contributed by atoms with Gasteiger partial charge in [0.1, 0.15) is 5.75 Å². The number of benzene rings is 1. The maximum absolute atomic E-state index is 12.6. The molecule has 1 saturated heterocycles. The number of likely N-dealkylation sites (tertiary alicyclic amines) is 1. The van der Waals surface area contributed by atoms with Crippen molar-refractivity contribution in [3.8, 4) is 5.75 Å². The number of hydrogen-bond acceptors (Lipinski definition) is 4. The van der Waals surface area contributed by atoms with E-state index in [1.165, 1.54) is 12.1 Å². The second kappa shape index (κ2) is 12.5. The van der Waals surface area contributed by atoms with Crippen LogP contribution in [0.4, 0.5) is 8.78 Å². The Morgan fingerprint density at radius 1 is 1.33 bits per heavy atom. The Morgan fingerprint density at radius 2 is 2.07 bits per heavy atom. The normalized spacial score (nSPS) is 16.0. The highest BCUT2D eigenvalue weighted by Crippen LogP contribution is 2.24. The van der Waals surface area contributed by atoms with Crippen LogP contribution in [0, 0.1) is 5.92 Å². The molecule has 1 heterocycles. The van der Waals surface area contributed by atoms with Crippen molar-refractivity contribution in [3.63, 3.8) is 0 Å². The average molecular weight is 446 g/mol. The van der Waals surface area contributed by atoms with E-state index in [-0.39, 0.29) is 24.1 Å². The van der Waals surface area contributed by atoms with E-state index in [9.17, 15) is 13.6 Å². The molecule has 1 aromatic carbocycles. The number of alkyl halides is 2. The molecule has 0 bridgehead atoms. The number of hydrogen-bond donors (Lipinski definition) is 3. The van der Waals surface area contributed by atoms with Gasteiger partial charge in [0.05, 0.1) is 0 Å². The number of rotatable bonds is 10. The van der Waals surface area contributed by atoms with E-state index < -0.39 is 6.61 Å². The second-order valence-corrected chi connectivity index (χ2v) is 7.64. The zero-order chi connectivity index (χ0) is 21.9. The second-order valence-electron chi connectivity index (χ2n) is 7.21. The van der Waals surface area contributed by atoms with Gasteiger partial charge >= 0.3 is 6.61 Å². The molecule has 2 rings (SSSR count). The highest BCUT2D eigenvalue weighted by atomic mass is 35.5. The van der Waals surface area contributed by atoms with Gasteiger partial charge in [-0.25, -0.2) is 0 Å². The first kappa shape index (κ1) is 24.1. The zero-order valence-corrected chi connectivity index (χ0v) is 17.9. The first-order chi connectivity index (χ1) is 14.4. The van der Waals surface area contributed by atoms with Gasteiger partial charge in [0, 0.05) is 36.6 Å². The molecule has 7 nitrogen and oxygen atoms in total. The van der Waals surface area contributed by atoms with Crippen LogP contribution < -0.4 is 21.1 Å². The van der Waals surface area contributed by atoms with Gasteiger partial charge in [-0.05, 0) is 63.5 Å². The van der Waals surface area contributed by atoms with E-state index in [2.05, 4.69) is 25.3 Å². The maximum atomic E-state index is 12.6. The third-order valence-corrected chi connectivity index (χ3v) is 5.33. The highest BCUT2D eigenvalue weighted by molar-refractivity contribution is 6.30. The van der Waals surface area contributed by atoms with Crippen LogP contribution >= 0.6 is 11.6 Å². The van der Waals surface area contributed by atoms with Crippen LogP contribution in [0.1, 0.15) is 31.2 Å². The minimum atomic E-state index is -2.90. The van der Waals surface area contributed by atoms with Crippen molar-refractivity contribution in [2.45, 2.75) is 38.8 Å². The highest BCUT2D eigenvalue weighted by Gasteiger charge is 2.22. The van der Waals surface area contributed by atoms with Crippen LogP contribution in [0.25, 0.3) is 0 Å². The minimum Gasteiger partial charge on any atom is -0.434 e. The molecule has 1 aliphatic rings. The molecule has 0 aromatic heterocycles. The predicted molar refractivity (Wildman–Crippen MR) is 114 cm³/mol. The Bertz CT molecular complexity index is 712. The summed E-state index contributed by atoms with van der Waals surface area (Å²) in [6, 6.07) is 4.51. The van der Waals surface area contributed by atoms with Gasteiger partial charge in [-0.15, -0.1) is 0 Å². The molecule has 0 atom stereocenters. The average Bonchev–Trinajstić information content (AvgIpc) is 2.71. The van der Waals surface area contributed by atoms with Crippen molar-refractivity contribution < 1.29 is 18.3 Å². The van der Waals surface area contributed by atoms with Crippen molar-refractivity contribution in [3.05, 3.63) is 28.8 Å².